The first-order valence-corrected chi connectivity index (χ1v) is 12.7. The third-order valence-electron chi connectivity index (χ3n) is 7.02. The third kappa shape index (κ3) is 5.73. The predicted molar refractivity (Wildman–Crippen MR) is 143 cm³/mol. The van der Waals surface area contributed by atoms with Crippen molar-refractivity contribution in [1.29, 1.82) is 0 Å². The molecule has 0 aliphatic carbocycles. The van der Waals surface area contributed by atoms with E-state index in [9.17, 15) is 9.59 Å². The summed E-state index contributed by atoms with van der Waals surface area (Å²) in [5, 5.41) is 8.85. The number of rotatable bonds is 7. The van der Waals surface area contributed by atoms with Crippen molar-refractivity contribution in [2.24, 2.45) is 0 Å². The lowest BCUT2D eigenvalue weighted by Gasteiger charge is -2.37. The minimum absolute atomic E-state index is 0.0160. The molecular formula is C29H35N5O2. The minimum Gasteiger partial charge on any atom is -0.352 e. The van der Waals surface area contributed by atoms with Crippen LogP contribution in [-0.2, 0) is 4.79 Å². The summed E-state index contributed by atoms with van der Waals surface area (Å²) in [5.74, 6) is 0.713. The number of aromatic nitrogens is 2. The van der Waals surface area contributed by atoms with E-state index in [1.807, 2.05) is 62.1 Å². The average molecular weight is 486 g/mol. The Morgan fingerprint density at radius 1 is 0.917 bits per heavy atom. The van der Waals surface area contributed by atoms with Crippen LogP contribution in [0.1, 0.15) is 41.8 Å². The molecule has 1 aliphatic rings. The van der Waals surface area contributed by atoms with Crippen LogP contribution in [0.25, 0.3) is 11.3 Å². The van der Waals surface area contributed by atoms with Gasteiger partial charge in [0.2, 0.25) is 5.91 Å². The Labute approximate surface area is 213 Å². The molecule has 2 amide bonds. The number of piperazine rings is 1. The lowest BCUT2D eigenvalue weighted by Crippen LogP contribution is -2.53. The van der Waals surface area contributed by atoms with E-state index in [1.54, 1.807) is 4.90 Å². The Bertz CT molecular complexity index is 1190. The molecule has 0 saturated carbocycles. The molecule has 1 atom stereocenters. The predicted octanol–water partition coefficient (Wildman–Crippen LogP) is 4.35. The van der Waals surface area contributed by atoms with E-state index in [0.29, 0.717) is 31.7 Å². The Balaban J connectivity index is 1.37. The summed E-state index contributed by atoms with van der Waals surface area (Å²) in [6, 6.07) is 19.8. The van der Waals surface area contributed by atoms with Crippen LogP contribution in [0.4, 0.5) is 5.82 Å². The van der Waals surface area contributed by atoms with Crippen molar-refractivity contribution in [3.05, 3.63) is 77.4 Å². The molecule has 7 nitrogen and oxygen atoms in total. The van der Waals surface area contributed by atoms with Crippen molar-refractivity contribution in [3.8, 4) is 11.3 Å². The standard InChI is InChI=1S/C29H35N5O2/c1-5-23(4)34(29(36)25-9-7-6-8-22(25)3)20-28(35)33-18-16-32(17-19-33)27-15-14-26(30-31-27)24-12-10-21(2)11-13-24/h6-15,23H,5,16-20H2,1-4H3/t23-/m1/s1. The molecule has 0 N–H and O–H groups in total. The van der Waals surface area contributed by atoms with Crippen LogP contribution in [0, 0.1) is 13.8 Å². The minimum atomic E-state index is -0.0848. The van der Waals surface area contributed by atoms with Crippen LogP contribution in [0.15, 0.2) is 60.7 Å². The van der Waals surface area contributed by atoms with Crippen molar-refractivity contribution in [2.75, 3.05) is 37.6 Å². The molecular weight excluding hydrogens is 450 g/mol. The fourth-order valence-corrected chi connectivity index (χ4v) is 4.42. The van der Waals surface area contributed by atoms with Crippen LogP contribution < -0.4 is 4.90 Å². The zero-order valence-electron chi connectivity index (χ0n) is 21.6. The van der Waals surface area contributed by atoms with Crippen LogP contribution in [0.2, 0.25) is 0 Å². The zero-order chi connectivity index (χ0) is 25.7. The van der Waals surface area contributed by atoms with E-state index in [1.165, 1.54) is 5.56 Å². The first-order valence-electron chi connectivity index (χ1n) is 12.7. The highest BCUT2D eigenvalue weighted by atomic mass is 16.2. The molecule has 3 aromatic rings. The van der Waals surface area contributed by atoms with Gasteiger partial charge < -0.3 is 14.7 Å². The molecule has 1 saturated heterocycles. The Morgan fingerprint density at radius 3 is 2.22 bits per heavy atom. The Hall–Kier alpha value is -3.74. The van der Waals surface area contributed by atoms with E-state index in [2.05, 4.69) is 46.3 Å². The first kappa shape index (κ1) is 25.4. The Morgan fingerprint density at radius 2 is 1.61 bits per heavy atom. The van der Waals surface area contributed by atoms with Gasteiger partial charge in [-0.05, 0) is 51.0 Å². The van der Waals surface area contributed by atoms with Crippen molar-refractivity contribution in [1.82, 2.24) is 20.0 Å². The number of hydrogen-bond donors (Lipinski definition) is 0. The van der Waals surface area contributed by atoms with Gasteiger partial charge in [0.05, 0.1) is 5.69 Å². The van der Waals surface area contributed by atoms with E-state index in [4.69, 9.17) is 0 Å². The second kappa shape index (κ2) is 11.3. The van der Waals surface area contributed by atoms with E-state index >= 15 is 0 Å². The molecule has 188 valence electrons. The summed E-state index contributed by atoms with van der Waals surface area (Å²) in [6.45, 7) is 10.7. The number of hydrogen-bond acceptors (Lipinski definition) is 5. The van der Waals surface area contributed by atoms with E-state index in [-0.39, 0.29) is 24.4 Å². The number of amides is 2. The van der Waals surface area contributed by atoms with Crippen molar-refractivity contribution in [2.45, 2.75) is 40.2 Å². The second-order valence-electron chi connectivity index (χ2n) is 9.52. The SMILES string of the molecule is CC[C@@H](C)N(CC(=O)N1CCN(c2ccc(-c3ccc(C)cc3)nn2)CC1)C(=O)c1ccccc1C. The molecule has 2 heterocycles. The molecule has 0 radical (unpaired) electrons. The molecule has 36 heavy (non-hydrogen) atoms. The summed E-state index contributed by atoms with van der Waals surface area (Å²) in [4.78, 5) is 32.2. The monoisotopic (exact) mass is 485 g/mol. The third-order valence-corrected chi connectivity index (χ3v) is 7.02. The van der Waals surface area contributed by atoms with Gasteiger partial charge in [-0.3, -0.25) is 9.59 Å². The van der Waals surface area contributed by atoms with Crippen molar-refractivity contribution >= 4 is 17.6 Å². The van der Waals surface area contributed by atoms with E-state index < -0.39 is 0 Å². The lowest BCUT2D eigenvalue weighted by atomic mass is 10.1. The van der Waals surface area contributed by atoms with Gasteiger partial charge >= 0.3 is 0 Å². The molecule has 1 aromatic heterocycles. The van der Waals surface area contributed by atoms with Gasteiger partial charge in [-0.25, -0.2) is 0 Å². The fourth-order valence-electron chi connectivity index (χ4n) is 4.42. The quantitative estimate of drug-likeness (QED) is 0.498. The maximum Gasteiger partial charge on any atom is 0.254 e. The van der Waals surface area contributed by atoms with Crippen molar-refractivity contribution in [3.63, 3.8) is 0 Å². The highest BCUT2D eigenvalue weighted by Crippen LogP contribution is 2.20. The van der Waals surface area contributed by atoms with E-state index in [0.717, 1.165) is 29.1 Å². The van der Waals surface area contributed by atoms with Crippen LogP contribution in [0.5, 0.6) is 0 Å². The molecule has 0 spiro atoms. The van der Waals surface area contributed by atoms with Crippen LogP contribution >= 0.6 is 0 Å². The number of anilines is 1. The van der Waals surface area contributed by atoms with Crippen molar-refractivity contribution < 1.29 is 9.59 Å². The first-order chi connectivity index (χ1) is 17.4. The zero-order valence-corrected chi connectivity index (χ0v) is 21.6. The lowest BCUT2D eigenvalue weighted by molar-refractivity contribution is -0.132. The smallest absolute Gasteiger partial charge is 0.254 e. The highest BCUT2D eigenvalue weighted by molar-refractivity contribution is 5.98. The maximum absolute atomic E-state index is 13.3. The van der Waals surface area contributed by atoms with Gasteiger partial charge in [-0.2, -0.15) is 0 Å². The fraction of sp³-hybridized carbons (Fsp3) is 0.379. The number of aryl methyl sites for hydroxylation is 2. The molecule has 1 aliphatic heterocycles. The largest absolute Gasteiger partial charge is 0.352 e. The number of benzene rings is 2. The maximum atomic E-state index is 13.3. The molecule has 7 heteroatoms. The molecule has 0 unspecified atom stereocenters. The summed E-state index contributed by atoms with van der Waals surface area (Å²) in [6.07, 6.45) is 0.788. The van der Waals surface area contributed by atoms with Gasteiger partial charge in [-0.1, -0.05) is 55.0 Å². The molecule has 2 aromatic carbocycles. The normalized spacial score (nSPS) is 14.4. The highest BCUT2D eigenvalue weighted by Gasteiger charge is 2.28. The number of carbonyl (C=O) groups excluding carboxylic acids is 2. The Kier molecular flexibility index (Phi) is 7.98. The second-order valence-corrected chi connectivity index (χ2v) is 9.52. The molecule has 0 bridgehead atoms. The van der Waals surface area contributed by atoms with Crippen LogP contribution in [0.3, 0.4) is 0 Å². The van der Waals surface area contributed by atoms with Gasteiger partial charge in [0.1, 0.15) is 6.54 Å². The molecule has 1 fully saturated rings. The number of nitrogens with zero attached hydrogens (tertiary/aromatic N) is 5. The molecule has 4 rings (SSSR count). The van der Waals surface area contributed by atoms with Gasteiger partial charge in [0.15, 0.2) is 5.82 Å². The summed E-state index contributed by atoms with van der Waals surface area (Å²) >= 11 is 0. The topological polar surface area (TPSA) is 69.6 Å². The van der Waals surface area contributed by atoms with Crippen LogP contribution in [-0.4, -0.2) is 70.6 Å². The van der Waals surface area contributed by atoms with Gasteiger partial charge in [-0.15, -0.1) is 10.2 Å². The summed E-state index contributed by atoms with van der Waals surface area (Å²) in [7, 11) is 0. The average Bonchev–Trinajstić information content (AvgIpc) is 2.92. The number of carbonyl (C=O) groups is 2. The van der Waals surface area contributed by atoms with Gasteiger partial charge in [0.25, 0.3) is 5.91 Å². The summed E-state index contributed by atoms with van der Waals surface area (Å²) in [5.41, 5.74) is 4.68. The summed E-state index contributed by atoms with van der Waals surface area (Å²) < 4.78 is 0. The van der Waals surface area contributed by atoms with Gasteiger partial charge in [0, 0.05) is 43.3 Å².